The van der Waals surface area contributed by atoms with Gasteiger partial charge in [0.1, 0.15) is 28.9 Å². The number of carbonyl (C=O) groups excluding carboxylic acids is 1. The Balaban J connectivity index is 1.82. The third-order valence-corrected chi connectivity index (χ3v) is 4.48. The predicted octanol–water partition coefficient (Wildman–Crippen LogP) is 7.06. The summed E-state index contributed by atoms with van der Waals surface area (Å²) >= 11 is 0. The highest BCUT2D eigenvalue weighted by Crippen LogP contribution is 2.29. The lowest BCUT2D eigenvalue weighted by molar-refractivity contribution is -0.274. The van der Waals surface area contributed by atoms with Crippen LogP contribution in [0, 0.1) is 11.6 Å². The van der Waals surface area contributed by atoms with E-state index in [0.29, 0.717) is 17.0 Å². The lowest BCUT2D eigenvalue weighted by Crippen LogP contribution is -2.16. The molecule has 10 heteroatoms. The fourth-order valence-electron chi connectivity index (χ4n) is 3.13. The minimum absolute atomic E-state index is 0.111. The number of carbonyl (C=O) groups is 1. The molecule has 3 rings (SSSR count). The van der Waals surface area contributed by atoms with E-state index in [9.17, 15) is 26.7 Å². The van der Waals surface area contributed by atoms with Crippen molar-refractivity contribution in [1.82, 2.24) is 0 Å². The third-order valence-electron chi connectivity index (χ3n) is 4.48. The summed E-state index contributed by atoms with van der Waals surface area (Å²) in [7, 11) is 0. The molecule has 5 nitrogen and oxygen atoms in total. The molecule has 0 bridgehead atoms. The lowest BCUT2D eigenvalue weighted by atomic mass is 10.0. The minimum atomic E-state index is -4.79. The number of rotatable bonds is 8. The molecule has 0 amide bonds. The third kappa shape index (κ3) is 7.46. The van der Waals surface area contributed by atoms with Gasteiger partial charge in [0.05, 0.1) is 12.2 Å². The molecule has 0 saturated heterocycles. The monoisotopic (exact) mass is 493 g/mol. The van der Waals surface area contributed by atoms with Crippen molar-refractivity contribution in [2.24, 2.45) is 0 Å². The van der Waals surface area contributed by atoms with Gasteiger partial charge in [-0.25, -0.2) is 13.6 Å². The van der Waals surface area contributed by atoms with Crippen molar-refractivity contribution in [3.8, 4) is 17.2 Å². The van der Waals surface area contributed by atoms with Gasteiger partial charge in [0, 0.05) is 17.5 Å². The van der Waals surface area contributed by atoms with Crippen LogP contribution in [-0.2, 0) is 9.53 Å². The summed E-state index contributed by atoms with van der Waals surface area (Å²) in [5.41, 5.74) is 0.977. The highest BCUT2D eigenvalue weighted by molar-refractivity contribution is 6.17. The minimum Gasteiger partial charge on any atom is -0.462 e. The number of allylic oxidation sites excluding steroid dienone is 1. The zero-order chi connectivity index (χ0) is 25.6. The van der Waals surface area contributed by atoms with Crippen LogP contribution >= 0.6 is 0 Å². The van der Waals surface area contributed by atoms with E-state index in [1.54, 1.807) is 38.1 Å². The van der Waals surface area contributed by atoms with Gasteiger partial charge in [-0.15, -0.1) is 13.2 Å². The number of benzene rings is 3. The number of halogens is 5. The van der Waals surface area contributed by atoms with Crippen molar-refractivity contribution in [2.45, 2.75) is 20.2 Å². The van der Waals surface area contributed by atoms with Crippen LogP contribution in [0.25, 0.3) is 5.57 Å². The Labute approximate surface area is 197 Å². The topological polar surface area (TPSA) is 56.8 Å². The van der Waals surface area contributed by atoms with E-state index in [1.165, 1.54) is 12.1 Å². The SMILES string of the molecule is CCOC(=O)/C(=C(/C)Nc1cc(F)cc(F)c1)c1ccc(Oc2ccc(OC(F)(F)F)cc2)cc1. The summed E-state index contributed by atoms with van der Waals surface area (Å²) in [6.45, 7) is 3.31. The van der Waals surface area contributed by atoms with Crippen LogP contribution < -0.4 is 14.8 Å². The molecular formula is C25H20F5NO4. The number of esters is 1. The van der Waals surface area contributed by atoms with E-state index in [-0.39, 0.29) is 29.4 Å². The maximum atomic E-state index is 13.5. The second-order valence-electron chi connectivity index (χ2n) is 7.15. The normalized spacial score (nSPS) is 12.0. The molecule has 0 radical (unpaired) electrons. The second kappa shape index (κ2) is 10.9. The van der Waals surface area contributed by atoms with Crippen LogP contribution in [0.3, 0.4) is 0 Å². The average Bonchev–Trinajstić information content (AvgIpc) is 2.75. The zero-order valence-electron chi connectivity index (χ0n) is 18.6. The molecule has 184 valence electrons. The first kappa shape index (κ1) is 25.5. The predicted molar refractivity (Wildman–Crippen MR) is 119 cm³/mol. The fraction of sp³-hybridized carbons (Fsp3) is 0.160. The van der Waals surface area contributed by atoms with Gasteiger partial charge in [-0.05, 0) is 67.9 Å². The molecule has 0 saturated carbocycles. The Morgan fingerprint density at radius 3 is 1.89 bits per heavy atom. The number of alkyl halides is 3. The van der Waals surface area contributed by atoms with Crippen molar-refractivity contribution in [1.29, 1.82) is 0 Å². The van der Waals surface area contributed by atoms with E-state index in [0.717, 1.165) is 30.3 Å². The van der Waals surface area contributed by atoms with Crippen molar-refractivity contribution in [2.75, 3.05) is 11.9 Å². The molecule has 0 unspecified atom stereocenters. The molecule has 0 aliphatic rings. The Hall–Kier alpha value is -4.08. The van der Waals surface area contributed by atoms with Gasteiger partial charge < -0.3 is 19.5 Å². The number of anilines is 1. The van der Waals surface area contributed by atoms with E-state index >= 15 is 0 Å². The first-order valence-electron chi connectivity index (χ1n) is 10.3. The number of hydrogen-bond acceptors (Lipinski definition) is 5. The largest absolute Gasteiger partial charge is 0.573 e. The maximum absolute atomic E-state index is 13.5. The molecule has 0 heterocycles. The first-order valence-corrected chi connectivity index (χ1v) is 10.3. The molecular weight excluding hydrogens is 473 g/mol. The van der Waals surface area contributed by atoms with Crippen LogP contribution in [0.15, 0.2) is 72.4 Å². The van der Waals surface area contributed by atoms with E-state index in [1.807, 2.05) is 0 Å². The lowest BCUT2D eigenvalue weighted by Gasteiger charge is -2.15. The Morgan fingerprint density at radius 1 is 0.857 bits per heavy atom. The highest BCUT2D eigenvalue weighted by Gasteiger charge is 2.31. The molecule has 3 aromatic carbocycles. The molecule has 3 aromatic rings. The van der Waals surface area contributed by atoms with Gasteiger partial charge in [0.15, 0.2) is 0 Å². The number of ether oxygens (including phenoxy) is 3. The van der Waals surface area contributed by atoms with Crippen LogP contribution in [-0.4, -0.2) is 18.9 Å². The van der Waals surface area contributed by atoms with Gasteiger partial charge in [-0.1, -0.05) is 12.1 Å². The van der Waals surface area contributed by atoms with Gasteiger partial charge in [-0.3, -0.25) is 0 Å². The molecule has 0 atom stereocenters. The van der Waals surface area contributed by atoms with Gasteiger partial charge in [0.25, 0.3) is 0 Å². The molecule has 35 heavy (non-hydrogen) atoms. The molecule has 1 N–H and O–H groups in total. The average molecular weight is 493 g/mol. The van der Waals surface area contributed by atoms with E-state index < -0.39 is 24.0 Å². The standard InChI is InChI=1S/C25H20F5NO4/c1-3-33-24(32)23(15(2)31-19-13-17(26)12-18(27)14-19)16-4-6-20(7-5-16)34-21-8-10-22(11-9-21)35-25(28,29)30/h4-14,31H,3H2,1-2H3/b23-15-. The smallest absolute Gasteiger partial charge is 0.462 e. The molecule has 0 aliphatic carbocycles. The van der Waals surface area contributed by atoms with Crippen molar-refractivity contribution in [3.05, 3.63) is 89.6 Å². The van der Waals surface area contributed by atoms with Crippen LogP contribution in [0.5, 0.6) is 17.2 Å². The molecule has 0 spiro atoms. The van der Waals surface area contributed by atoms with Gasteiger partial charge in [0.2, 0.25) is 0 Å². The van der Waals surface area contributed by atoms with Crippen molar-refractivity contribution in [3.63, 3.8) is 0 Å². The summed E-state index contributed by atoms with van der Waals surface area (Å²) < 4.78 is 78.5. The summed E-state index contributed by atoms with van der Waals surface area (Å²) in [5, 5.41) is 2.81. The highest BCUT2D eigenvalue weighted by atomic mass is 19.4. The molecule has 0 fully saturated rings. The summed E-state index contributed by atoms with van der Waals surface area (Å²) in [5.74, 6) is -1.98. The van der Waals surface area contributed by atoms with Crippen LogP contribution in [0.4, 0.5) is 27.6 Å². The van der Waals surface area contributed by atoms with Crippen molar-refractivity contribution >= 4 is 17.2 Å². The Kier molecular flexibility index (Phi) is 7.95. The number of hydrogen-bond donors (Lipinski definition) is 1. The quantitative estimate of drug-likeness (QED) is 0.207. The second-order valence-corrected chi connectivity index (χ2v) is 7.15. The fourth-order valence-corrected chi connectivity index (χ4v) is 3.13. The van der Waals surface area contributed by atoms with Gasteiger partial charge in [-0.2, -0.15) is 0 Å². The Morgan fingerprint density at radius 2 is 1.37 bits per heavy atom. The van der Waals surface area contributed by atoms with E-state index in [2.05, 4.69) is 10.1 Å². The van der Waals surface area contributed by atoms with Crippen LogP contribution in [0.2, 0.25) is 0 Å². The molecule has 0 aromatic heterocycles. The van der Waals surface area contributed by atoms with Crippen molar-refractivity contribution < 1.29 is 41.0 Å². The van der Waals surface area contributed by atoms with Gasteiger partial charge >= 0.3 is 12.3 Å². The first-order chi connectivity index (χ1) is 16.5. The summed E-state index contributed by atoms with van der Waals surface area (Å²) in [6, 6.07) is 14.0. The summed E-state index contributed by atoms with van der Waals surface area (Å²) in [4.78, 5) is 12.6. The zero-order valence-corrected chi connectivity index (χ0v) is 18.6. The Bertz CT molecular complexity index is 1190. The number of nitrogens with one attached hydrogen (secondary N) is 1. The van der Waals surface area contributed by atoms with Crippen LogP contribution in [0.1, 0.15) is 19.4 Å². The summed E-state index contributed by atoms with van der Waals surface area (Å²) in [6.07, 6.45) is -4.79. The maximum Gasteiger partial charge on any atom is 0.573 e. The van der Waals surface area contributed by atoms with E-state index in [4.69, 9.17) is 9.47 Å². The molecule has 0 aliphatic heterocycles.